The van der Waals surface area contributed by atoms with Crippen LogP contribution in [-0.2, 0) is 15.0 Å². The number of nitrogens with zero attached hydrogens (tertiary/aromatic N) is 2. The molecule has 1 aromatic heterocycles. The van der Waals surface area contributed by atoms with Crippen molar-refractivity contribution in [1.29, 1.82) is 0 Å². The molecular formula is C20H15FN4O2. The maximum absolute atomic E-state index is 13.7. The van der Waals surface area contributed by atoms with Crippen LogP contribution in [0.1, 0.15) is 23.1 Å². The standard InChI is InChI=1S/C20H15FN4O2/c1-11-4-2-7-14-17(11)24-19(27)20(14)9-16(26)23-18-15(20)10-22-25(18)13-6-3-5-12(21)8-13/h2-8,10H,9H2,1H3,(H,23,26)(H,24,27). The first-order valence-corrected chi connectivity index (χ1v) is 8.56. The molecule has 5 rings (SSSR count). The van der Waals surface area contributed by atoms with Crippen molar-refractivity contribution in [2.24, 2.45) is 0 Å². The zero-order chi connectivity index (χ0) is 18.8. The molecule has 2 aliphatic heterocycles. The monoisotopic (exact) mass is 362 g/mol. The number of para-hydroxylation sites is 1. The van der Waals surface area contributed by atoms with Crippen LogP contribution in [0.2, 0.25) is 0 Å². The summed E-state index contributed by atoms with van der Waals surface area (Å²) in [6, 6.07) is 11.6. The number of fused-ring (bicyclic) bond motifs is 4. The molecule has 0 bridgehead atoms. The van der Waals surface area contributed by atoms with E-state index in [1.165, 1.54) is 16.8 Å². The summed E-state index contributed by atoms with van der Waals surface area (Å²) in [5, 5.41) is 10.1. The first-order chi connectivity index (χ1) is 13.0. The van der Waals surface area contributed by atoms with Gasteiger partial charge in [-0.3, -0.25) is 9.59 Å². The molecule has 6 nitrogen and oxygen atoms in total. The number of nitrogens with one attached hydrogen (secondary N) is 2. The van der Waals surface area contributed by atoms with E-state index in [4.69, 9.17) is 0 Å². The Bertz CT molecular complexity index is 1140. The van der Waals surface area contributed by atoms with E-state index in [9.17, 15) is 14.0 Å². The first-order valence-electron chi connectivity index (χ1n) is 8.56. The fourth-order valence-electron chi connectivity index (χ4n) is 4.07. The van der Waals surface area contributed by atoms with Gasteiger partial charge in [-0.15, -0.1) is 0 Å². The Morgan fingerprint density at radius 3 is 2.74 bits per heavy atom. The van der Waals surface area contributed by atoms with Crippen LogP contribution < -0.4 is 10.6 Å². The molecular weight excluding hydrogens is 347 g/mol. The van der Waals surface area contributed by atoms with Gasteiger partial charge in [0.05, 0.1) is 11.9 Å². The van der Waals surface area contributed by atoms with Gasteiger partial charge >= 0.3 is 0 Å². The van der Waals surface area contributed by atoms with E-state index < -0.39 is 11.2 Å². The molecule has 2 N–H and O–H groups in total. The third-order valence-corrected chi connectivity index (χ3v) is 5.32. The van der Waals surface area contributed by atoms with E-state index in [1.807, 2.05) is 25.1 Å². The Hall–Kier alpha value is -3.48. The van der Waals surface area contributed by atoms with Crippen LogP contribution in [-0.4, -0.2) is 21.6 Å². The van der Waals surface area contributed by atoms with E-state index in [2.05, 4.69) is 15.7 Å². The van der Waals surface area contributed by atoms with Crippen molar-refractivity contribution in [2.45, 2.75) is 18.8 Å². The zero-order valence-corrected chi connectivity index (χ0v) is 14.4. The molecule has 0 fully saturated rings. The van der Waals surface area contributed by atoms with Gasteiger partial charge < -0.3 is 10.6 Å². The second-order valence-electron chi connectivity index (χ2n) is 6.88. The van der Waals surface area contributed by atoms with E-state index in [-0.39, 0.29) is 18.2 Å². The minimum absolute atomic E-state index is 0.00285. The Kier molecular flexibility index (Phi) is 3.07. The van der Waals surface area contributed by atoms with Gasteiger partial charge in [-0.05, 0) is 36.2 Å². The van der Waals surface area contributed by atoms with Crippen molar-refractivity contribution >= 4 is 23.3 Å². The summed E-state index contributed by atoms with van der Waals surface area (Å²) in [5.41, 5.74) is 2.38. The molecule has 27 heavy (non-hydrogen) atoms. The highest BCUT2D eigenvalue weighted by molar-refractivity contribution is 6.15. The van der Waals surface area contributed by atoms with Crippen molar-refractivity contribution in [3.8, 4) is 5.69 Å². The molecule has 3 heterocycles. The maximum Gasteiger partial charge on any atom is 0.240 e. The Morgan fingerprint density at radius 1 is 1.11 bits per heavy atom. The van der Waals surface area contributed by atoms with Crippen molar-refractivity contribution in [2.75, 3.05) is 10.6 Å². The summed E-state index contributed by atoms with van der Waals surface area (Å²) in [6.07, 6.45) is 1.58. The Labute approximate surface area is 154 Å². The fourth-order valence-corrected chi connectivity index (χ4v) is 4.07. The average molecular weight is 362 g/mol. The van der Waals surface area contributed by atoms with Crippen LogP contribution >= 0.6 is 0 Å². The molecule has 0 radical (unpaired) electrons. The molecule has 2 amide bonds. The summed E-state index contributed by atoms with van der Waals surface area (Å²) in [5.74, 6) is -0.554. The lowest BCUT2D eigenvalue weighted by atomic mass is 9.71. The van der Waals surface area contributed by atoms with Gasteiger partial charge in [-0.25, -0.2) is 9.07 Å². The third kappa shape index (κ3) is 2.02. The number of halogens is 1. The first kappa shape index (κ1) is 15.7. The number of carbonyl (C=O) groups excluding carboxylic acids is 2. The number of anilines is 2. The minimum Gasteiger partial charge on any atom is -0.324 e. The average Bonchev–Trinajstić information content (AvgIpc) is 3.17. The summed E-state index contributed by atoms with van der Waals surface area (Å²) in [7, 11) is 0. The molecule has 0 saturated carbocycles. The van der Waals surface area contributed by atoms with Crippen LogP contribution in [0.3, 0.4) is 0 Å². The van der Waals surface area contributed by atoms with Crippen molar-refractivity contribution in [1.82, 2.24) is 9.78 Å². The number of carbonyl (C=O) groups is 2. The van der Waals surface area contributed by atoms with Crippen LogP contribution in [0.4, 0.5) is 15.9 Å². The number of rotatable bonds is 1. The third-order valence-electron chi connectivity index (χ3n) is 5.32. The molecule has 7 heteroatoms. The van der Waals surface area contributed by atoms with Crippen molar-refractivity contribution in [3.05, 3.63) is 71.2 Å². The van der Waals surface area contributed by atoms with Gasteiger partial charge in [0.1, 0.15) is 17.1 Å². The second-order valence-corrected chi connectivity index (χ2v) is 6.88. The highest BCUT2D eigenvalue weighted by Crippen LogP contribution is 2.50. The highest BCUT2D eigenvalue weighted by atomic mass is 19.1. The summed E-state index contributed by atoms with van der Waals surface area (Å²) >= 11 is 0. The van der Waals surface area contributed by atoms with Crippen molar-refractivity contribution in [3.63, 3.8) is 0 Å². The maximum atomic E-state index is 13.7. The lowest BCUT2D eigenvalue weighted by Crippen LogP contribution is -2.43. The number of hydrogen-bond acceptors (Lipinski definition) is 3. The van der Waals surface area contributed by atoms with Gasteiger partial charge in [-0.1, -0.05) is 24.3 Å². The lowest BCUT2D eigenvalue weighted by molar-refractivity contribution is -0.125. The van der Waals surface area contributed by atoms with Gasteiger partial charge in [0.25, 0.3) is 0 Å². The van der Waals surface area contributed by atoms with Crippen molar-refractivity contribution < 1.29 is 14.0 Å². The van der Waals surface area contributed by atoms with Gasteiger partial charge in [0.15, 0.2) is 0 Å². The van der Waals surface area contributed by atoms with Gasteiger partial charge in [-0.2, -0.15) is 5.10 Å². The predicted octanol–water partition coefficient (Wildman–Crippen LogP) is 2.90. The van der Waals surface area contributed by atoms with Crippen LogP contribution in [0.5, 0.6) is 0 Å². The molecule has 1 atom stereocenters. The van der Waals surface area contributed by atoms with Crippen LogP contribution in [0.15, 0.2) is 48.7 Å². The fraction of sp³-hybridized carbons (Fsp3) is 0.150. The van der Waals surface area contributed by atoms with E-state index >= 15 is 0 Å². The topological polar surface area (TPSA) is 76.0 Å². The van der Waals surface area contributed by atoms with E-state index in [1.54, 1.807) is 18.3 Å². The molecule has 1 unspecified atom stereocenters. The lowest BCUT2D eigenvalue weighted by Gasteiger charge is -2.31. The number of aromatic nitrogens is 2. The Morgan fingerprint density at radius 2 is 1.93 bits per heavy atom. The number of hydrogen-bond donors (Lipinski definition) is 2. The number of aryl methyl sites for hydroxylation is 1. The normalized spacial score (nSPS) is 20.2. The second kappa shape index (κ2) is 5.26. The van der Waals surface area contributed by atoms with Gasteiger partial charge in [0.2, 0.25) is 11.8 Å². The predicted molar refractivity (Wildman–Crippen MR) is 97.4 cm³/mol. The van der Waals surface area contributed by atoms with E-state index in [0.717, 1.165) is 16.8 Å². The molecule has 134 valence electrons. The highest BCUT2D eigenvalue weighted by Gasteiger charge is 2.54. The smallest absolute Gasteiger partial charge is 0.240 e. The quantitative estimate of drug-likeness (QED) is 0.699. The molecule has 1 spiro atoms. The SMILES string of the molecule is Cc1cccc2c1NC(=O)C21CC(=O)Nc2c1cnn2-c1cccc(F)c1. The summed E-state index contributed by atoms with van der Waals surface area (Å²) in [4.78, 5) is 25.6. The molecule has 0 saturated heterocycles. The number of benzene rings is 2. The van der Waals surface area contributed by atoms with E-state index in [0.29, 0.717) is 17.1 Å². The molecule has 0 aliphatic carbocycles. The molecule has 2 aliphatic rings. The molecule has 2 aromatic carbocycles. The van der Waals surface area contributed by atoms with Gasteiger partial charge in [0, 0.05) is 17.7 Å². The zero-order valence-electron chi connectivity index (χ0n) is 14.4. The van der Waals surface area contributed by atoms with Crippen LogP contribution in [0.25, 0.3) is 5.69 Å². The Balaban J connectivity index is 1.78. The molecule has 3 aromatic rings. The summed E-state index contributed by atoms with van der Waals surface area (Å²) < 4.78 is 15.1. The minimum atomic E-state index is -1.13. The summed E-state index contributed by atoms with van der Waals surface area (Å²) in [6.45, 7) is 1.91. The largest absolute Gasteiger partial charge is 0.324 e. The number of amides is 2. The van der Waals surface area contributed by atoms with Crippen LogP contribution in [0, 0.1) is 12.7 Å².